The molecule has 136 valence electrons. The second-order valence-electron chi connectivity index (χ2n) is 6.47. The topological polar surface area (TPSA) is 81.6 Å². The van der Waals surface area contributed by atoms with E-state index in [1.807, 2.05) is 30.3 Å². The summed E-state index contributed by atoms with van der Waals surface area (Å²) in [5.41, 5.74) is 3.32. The third kappa shape index (κ3) is 2.68. The fraction of sp³-hybridized carbons (Fsp3) is 0.0952. The van der Waals surface area contributed by atoms with Gasteiger partial charge in [-0.25, -0.2) is 4.52 Å². The summed E-state index contributed by atoms with van der Waals surface area (Å²) in [6, 6.07) is 16.7. The van der Waals surface area contributed by atoms with Crippen LogP contribution in [0.25, 0.3) is 16.8 Å². The molecule has 0 spiro atoms. The van der Waals surface area contributed by atoms with Crippen molar-refractivity contribution in [1.82, 2.24) is 14.2 Å². The monoisotopic (exact) mass is 370 g/mol. The Morgan fingerprint density at radius 2 is 1.96 bits per heavy atom. The number of aromatic nitrogens is 3. The number of hydrogen-bond donors (Lipinski definition) is 0. The van der Waals surface area contributed by atoms with Crippen LogP contribution >= 0.6 is 0 Å². The van der Waals surface area contributed by atoms with Crippen LogP contribution in [-0.2, 0) is 6.54 Å². The van der Waals surface area contributed by atoms with Crippen LogP contribution in [0.5, 0.6) is 11.5 Å². The number of nitriles is 1. The Morgan fingerprint density at radius 1 is 1.07 bits per heavy atom. The number of nitrogens with zero attached hydrogens (tertiary/aromatic N) is 4. The first-order chi connectivity index (χ1) is 13.7. The highest BCUT2D eigenvalue weighted by molar-refractivity contribution is 5.68. The normalized spacial score (nSPS) is 12.2. The molecule has 0 bridgehead atoms. The minimum absolute atomic E-state index is 0.149. The van der Waals surface area contributed by atoms with Crippen molar-refractivity contribution in [2.24, 2.45) is 0 Å². The molecular weight excluding hydrogens is 356 g/mol. The van der Waals surface area contributed by atoms with Gasteiger partial charge in [0.2, 0.25) is 6.79 Å². The lowest BCUT2D eigenvalue weighted by Crippen LogP contribution is -2.21. The smallest absolute Gasteiger partial charge is 0.276 e. The zero-order chi connectivity index (χ0) is 19.1. The first kappa shape index (κ1) is 16.1. The zero-order valence-electron chi connectivity index (χ0n) is 14.7. The maximum atomic E-state index is 12.9. The third-order valence-corrected chi connectivity index (χ3v) is 4.68. The summed E-state index contributed by atoms with van der Waals surface area (Å²) in [5, 5.41) is 13.6. The molecule has 3 heterocycles. The second-order valence-corrected chi connectivity index (χ2v) is 6.47. The zero-order valence-corrected chi connectivity index (χ0v) is 14.7. The fourth-order valence-electron chi connectivity index (χ4n) is 3.28. The molecule has 1 aliphatic rings. The number of rotatable bonds is 3. The van der Waals surface area contributed by atoms with Gasteiger partial charge in [-0.2, -0.15) is 10.4 Å². The minimum Gasteiger partial charge on any atom is -0.454 e. The Kier molecular flexibility index (Phi) is 3.62. The number of fused-ring (bicyclic) bond motifs is 2. The molecule has 0 atom stereocenters. The number of benzene rings is 2. The number of ether oxygens (including phenoxy) is 2. The molecule has 0 fully saturated rings. The molecule has 28 heavy (non-hydrogen) atoms. The van der Waals surface area contributed by atoms with E-state index in [0.29, 0.717) is 34.8 Å². The molecule has 7 heteroatoms. The standard InChI is InChI=1S/C21H14N4O3/c22-11-14-2-1-3-15(8-14)12-24-6-7-25-18(21(24)26)10-17(23-25)16-4-5-19-20(9-16)28-13-27-19/h1-10H,12-13H2. The van der Waals surface area contributed by atoms with E-state index < -0.39 is 0 Å². The molecule has 0 saturated carbocycles. The van der Waals surface area contributed by atoms with Crippen LogP contribution in [0.3, 0.4) is 0 Å². The minimum atomic E-state index is -0.149. The predicted molar refractivity (Wildman–Crippen MR) is 101 cm³/mol. The van der Waals surface area contributed by atoms with Crippen LogP contribution < -0.4 is 15.0 Å². The van der Waals surface area contributed by atoms with Gasteiger partial charge in [0.1, 0.15) is 5.52 Å². The highest BCUT2D eigenvalue weighted by atomic mass is 16.7. The van der Waals surface area contributed by atoms with Crippen molar-refractivity contribution >= 4 is 5.52 Å². The van der Waals surface area contributed by atoms with Crippen LogP contribution in [0.15, 0.2) is 65.7 Å². The Hall–Kier alpha value is -4.05. The Labute approximate surface area is 159 Å². The van der Waals surface area contributed by atoms with Crippen molar-refractivity contribution in [3.05, 3.63) is 82.4 Å². The summed E-state index contributed by atoms with van der Waals surface area (Å²) in [4.78, 5) is 12.9. The maximum absolute atomic E-state index is 12.9. The molecule has 7 nitrogen and oxygen atoms in total. The predicted octanol–water partition coefficient (Wildman–Crippen LogP) is 2.81. The Bertz CT molecular complexity index is 1310. The number of hydrogen-bond acceptors (Lipinski definition) is 5. The molecule has 1 aliphatic heterocycles. The van der Waals surface area contributed by atoms with Gasteiger partial charge in [0.15, 0.2) is 11.5 Å². The van der Waals surface area contributed by atoms with Gasteiger partial charge in [0.25, 0.3) is 5.56 Å². The van der Waals surface area contributed by atoms with E-state index in [1.54, 1.807) is 39.7 Å². The van der Waals surface area contributed by atoms with E-state index in [4.69, 9.17) is 14.7 Å². The molecular formula is C21H14N4O3. The van der Waals surface area contributed by atoms with Gasteiger partial charge < -0.3 is 14.0 Å². The average molecular weight is 370 g/mol. The van der Waals surface area contributed by atoms with Crippen molar-refractivity contribution < 1.29 is 9.47 Å². The summed E-state index contributed by atoms with van der Waals surface area (Å²) in [5.74, 6) is 1.37. The first-order valence-electron chi connectivity index (χ1n) is 8.69. The average Bonchev–Trinajstić information content (AvgIpc) is 3.37. The Morgan fingerprint density at radius 3 is 2.86 bits per heavy atom. The van der Waals surface area contributed by atoms with Gasteiger partial charge in [-0.15, -0.1) is 0 Å². The lowest BCUT2D eigenvalue weighted by atomic mass is 10.1. The van der Waals surface area contributed by atoms with E-state index in [2.05, 4.69) is 11.2 Å². The van der Waals surface area contributed by atoms with Crippen molar-refractivity contribution in [3.8, 4) is 28.8 Å². The summed E-state index contributed by atoms with van der Waals surface area (Å²) in [6.07, 6.45) is 3.45. The van der Waals surface area contributed by atoms with Crippen LogP contribution in [0.4, 0.5) is 0 Å². The molecule has 4 aromatic rings. The SMILES string of the molecule is N#Cc1cccc(Cn2ccn3nc(-c4ccc5c(c4)OCO5)cc3c2=O)c1. The molecule has 2 aromatic carbocycles. The second kappa shape index (κ2) is 6.28. The van der Waals surface area contributed by atoms with E-state index >= 15 is 0 Å². The first-order valence-corrected chi connectivity index (χ1v) is 8.69. The highest BCUT2D eigenvalue weighted by Crippen LogP contribution is 2.35. The molecule has 0 amide bonds. The summed E-state index contributed by atoms with van der Waals surface area (Å²) < 4.78 is 13.9. The van der Waals surface area contributed by atoms with Crippen LogP contribution in [0, 0.1) is 11.3 Å². The van der Waals surface area contributed by atoms with Gasteiger partial charge in [-0.3, -0.25) is 4.79 Å². The van der Waals surface area contributed by atoms with Crippen LogP contribution in [0.2, 0.25) is 0 Å². The molecule has 0 saturated heterocycles. The maximum Gasteiger partial charge on any atom is 0.276 e. The van der Waals surface area contributed by atoms with E-state index in [0.717, 1.165) is 11.1 Å². The van der Waals surface area contributed by atoms with Crippen LogP contribution in [-0.4, -0.2) is 21.0 Å². The largest absolute Gasteiger partial charge is 0.454 e. The van der Waals surface area contributed by atoms with Crippen molar-refractivity contribution in [1.29, 1.82) is 5.26 Å². The van der Waals surface area contributed by atoms with Crippen molar-refractivity contribution in [2.75, 3.05) is 6.79 Å². The lowest BCUT2D eigenvalue weighted by molar-refractivity contribution is 0.174. The molecule has 2 aromatic heterocycles. The third-order valence-electron chi connectivity index (χ3n) is 4.68. The quantitative estimate of drug-likeness (QED) is 0.554. The van der Waals surface area contributed by atoms with Gasteiger partial charge in [-0.05, 0) is 42.0 Å². The van der Waals surface area contributed by atoms with Gasteiger partial charge in [0, 0.05) is 18.0 Å². The van der Waals surface area contributed by atoms with E-state index in [-0.39, 0.29) is 12.4 Å². The van der Waals surface area contributed by atoms with E-state index in [9.17, 15) is 4.79 Å². The summed E-state index contributed by atoms with van der Waals surface area (Å²) in [6.45, 7) is 0.594. The molecule has 0 radical (unpaired) electrons. The van der Waals surface area contributed by atoms with Crippen molar-refractivity contribution in [3.63, 3.8) is 0 Å². The lowest BCUT2D eigenvalue weighted by Gasteiger charge is -2.06. The fourth-order valence-corrected chi connectivity index (χ4v) is 3.28. The summed E-state index contributed by atoms with van der Waals surface area (Å²) >= 11 is 0. The van der Waals surface area contributed by atoms with E-state index in [1.165, 1.54) is 0 Å². The van der Waals surface area contributed by atoms with Gasteiger partial charge >= 0.3 is 0 Å². The molecule has 0 unspecified atom stereocenters. The van der Waals surface area contributed by atoms with Crippen LogP contribution in [0.1, 0.15) is 11.1 Å². The highest BCUT2D eigenvalue weighted by Gasteiger charge is 2.16. The van der Waals surface area contributed by atoms with Gasteiger partial charge in [-0.1, -0.05) is 12.1 Å². The Balaban J connectivity index is 1.53. The molecule has 0 aliphatic carbocycles. The van der Waals surface area contributed by atoms with Crippen molar-refractivity contribution in [2.45, 2.75) is 6.54 Å². The molecule has 5 rings (SSSR count). The summed E-state index contributed by atoms with van der Waals surface area (Å²) in [7, 11) is 0. The molecule has 0 N–H and O–H groups in total. The van der Waals surface area contributed by atoms with Gasteiger partial charge in [0.05, 0.1) is 23.9 Å².